The van der Waals surface area contributed by atoms with Gasteiger partial charge in [-0.05, 0) is 32.3 Å². The molecule has 0 spiro atoms. The quantitative estimate of drug-likeness (QED) is 0.597. The van der Waals surface area contributed by atoms with Crippen molar-refractivity contribution in [2.45, 2.75) is 45.3 Å². The molecule has 0 saturated heterocycles. The first-order valence-electron chi connectivity index (χ1n) is 7.95. The molecule has 1 aromatic rings. The van der Waals surface area contributed by atoms with Gasteiger partial charge in [0.15, 0.2) is 5.96 Å². The number of hydrogen-bond donors (Lipinski definition) is 2. The van der Waals surface area contributed by atoms with Gasteiger partial charge in [-0.25, -0.2) is 0 Å². The van der Waals surface area contributed by atoms with Gasteiger partial charge in [-0.2, -0.15) is 0 Å². The minimum Gasteiger partial charge on any atom is -0.355 e. The van der Waals surface area contributed by atoms with Crippen LogP contribution in [0.25, 0.3) is 0 Å². The summed E-state index contributed by atoms with van der Waals surface area (Å²) in [7, 11) is 1.82. The Morgan fingerprint density at radius 3 is 2.52 bits per heavy atom. The second-order valence-corrected chi connectivity index (χ2v) is 5.90. The van der Waals surface area contributed by atoms with Crippen molar-refractivity contribution in [3.8, 4) is 0 Å². The van der Waals surface area contributed by atoms with Crippen molar-refractivity contribution in [1.29, 1.82) is 0 Å². The Bertz CT molecular complexity index is 435. The fraction of sp³-hybridized carbons (Fsp3) is 0.588. The summed E-state index contributed by atoms with van der Waals surface area (Å²) in [5.41, 5.74) is 1.27. The fourth-order valence-corrected chi connectivity index (χ4v) is 2.57. The average Bonchev–Trinajstić information content (AvgIpc) is 3.32. The summed E-state index contributed by atoms with van der Waals surface area (Å²) < 4.78 is 0. The molecule has 0 unspecified atom stereocenters. The maximum Gasteiger partial charge on any atom is 0.191 e. The highest BCUT2D eigenvalue weighted by Crippen LogP contribution is 2.27. The molecule has 0 amide bonds. The first-order valence-corrected chi connectivity index (χ1v) is 7.95. The normalized spacial score (nSPS) is 15.6. The van der Waals surface area contributed by atoms with Crippen LogP contribution < -0.4 is 10.6 Å². The minimum absolute atomic E-state index is 0.624. The zero-order valence-electron chi connectivity index (χ0n) is 13.5. The van der Waals surface area contributed by atoms with Crippen molar-refractivity contribution in [2.24, 2.45) is 4.99 Å². The summed E-state index contributed by atoms with van der Waals surface area (Å²) in [5.74, 6) is 0.873. The summed E-state index contributed by atoms with van der Waals surface area (Å²) in [6.45, 7) is 7.37. The molecule has 2 N–H and O–H groups in total. The van der Waals surface area contributed by atoms with Crippen LogP contribution >= 0.6 is 0 Å². The largest absolute Gasteiger partial charge is 0.355 e. The second kappa shape index (κ2) is 8.03. The van der Waals surface area contributed by atoms with E-state index in [1.807, 2.05) is 13.1 Å². The number of benzene rings is 1. The van der Waals surface area contributed by atoms with Crippen molar-refractivity contribution in [2.75, 3.05) is 20.1 Å². The molecular weight excluding hydrogens is 260 g/mol. The van der Waals surface area contributed by atoms with Crippen LogP contribution in [0.15, 0.2) is 35.3 Å². The van der Waals surface area contributed by atoms with Crippen molar-refractivity contribution in [3.63, 3.8) is 0 Å². The van der Waals surface area contributed by atoms with E-state index in [0.29, 0.717) is 6.04 Å². The first-order chi connectivity index (χ1) is 10.2. The molecule has 1 fully saturated rings. The van der Waals surface area contributed by atoms with Gasteiger partial charge >= 0.3 is 0 Å². The van der Waals surface area contributed by atoms with Crippen LogP contribution in [0.1, 0.15) is 32.3 Å². The molecule has 0 aliphatic heterocycles. The molecule has 1 aliphatic rings. The maximum atomic E-state index is 4.28. The molecule has 21 heavy (non-hydrogen) atoms. The summed E-state index contributed by atoms with van der Waals surface area (Å²) in [5, 5.41) is 6.76. The Hall–Kier alpha value is -1.55. The third-order valence-corrected chi connectivity index (χ3v) is 3.87. The lowest BCUT2D eigenvalue weighted by atomic mass is 10.2. The monoisotopic (exact) mass is 288 g/mol. The summed E-state index contributed by atoms with van der Waals surface area (Å²) in [6.07, 6.45) is 2.72. The number of rotatable bonds is 7. The molecule has 4 nitrogen and oxygen atoms in total. The van der Waals surface area contributed by atoms with Gasteiger partial charge in [-0.1, -0.05) is 30.3 Å². The molecule has 1 aliphatic carbocycles. The van der Waals surface area contributed by atoms with Gasteiger partial charge in [0.25, 0.3) is 0 Å². The topological polar surface area (TPSA) is 39.7 Å². The van der Waals surface area contributed by atoms with E-state index in [1.165, 1.54) is 18.4 Å². The van der Waals surface area contributed by atoms with Crippen molar-refractivity contribution < 1.29 is 0 Å². The molecule has 116 valence electrons. The van der Waals surface area contributed by atoms with Gasteiger partial charge in [-0.15, -0.1) is 0 Å². The molecule has 0 bridgehead atoms. The van der Waals surface area contributed by atoms with Crippen LogP contribution in [0.4, 0.5) is 0 Å². The predicted molar refractivity (Wildman–Crippen MR) is 89.5 cm³/mol. The van der Waals surface area contributed by atoms with Gasteiger partial charge < -0.3 is 10.6 Å². The van der Waals surface area contributed by atoms with Crippen LogP contribution in [0.3, 0.4) is 0 Å². The zero-order chi connectivity index (χ0) is 15.1. The van der Waals surface area contributed by atoms with Crippen LogP contribution in [-0.2, 0) is 6.54 Å². The molecule has 4 heteroatoms. The molecule has 2 rings (SSSR count). The van der Waals surface area contributed by atoms with E-state index >= 15 is 0 Å². The molecule has 1 saturated carbocycles. The van der Waals surface area contributed by atoms with E-state index in [4.69, 9.17) is 0 Å². The highest BCUT2D eigenvalue weighted by Gasteiger charge is 2.29. The first kappa shape index (κ1) is 15.8. The molecule has 0 radical (unpaired) electrons. The molecule has 0 heterocycles. The van der Waals surface area contributed by atoms with Gasteiger partial charge in [-0.3, -0.25) is 9.89 Å². The van der Waals surface area contributed by atoms with Crippen LogP contribution in [-0.4, -0.2) is 43.1 Å². The second-order valence-electron chi connectivity index (χ2n) is 5.90. The SMILES string of the molecule is CN=C(NCCN(C(C)C)C1CC1)NCc1ccccc1. The Kier molecular flexibility index (Phi) is 6.05. The third kappa shape index (κ3) is 5.38. The third-order valence-electron chi connectivity index (χ3n) is 3.87. The lowest BCUT2D eigenvalue weighted by molar-refractivity contribution is 0.215. The highest BCUT2D eigenvalue weighted by atomic mass is 15.2. The highest BCUT2D eigenvalue weighted by molar-refractivity contribution is 5.79. The standard InChI is InChI=1S/C17H28N4/c1-14(2)21(16-9-10-16)12-11-19-17(18-3)20-13-15-7-5-4-6-8-15/h4-8,14,16H,9-13H2,1-3H3,(H2,18,19,20). The van der Waals surface area contributed by atoms with Gasteiger partial charge in [0.05, 0.1) is 0 Å². The smallest absolute Gasteiger partial charge is 0.191 e. The lowest BCUT2D eigenvalue weighted by Gasteiger charge is -2.26. The van der Waals surface area contributed by atoms with Crippen molar-refractivity contribution in [1.82, 2.24) is 15.5 Å². The Labute approximate surface area is 128 Å². The van der Waals surface area contributed by atoms with E-state index < -0.39 is 0 Å². The summed E-state index contributed by atoms with van der Waals surface area (Å²) in [6, 6.07) is 11.8. The Balaban J connectivity index is 1.70. The number of nitrogens with zero attached hydrogens (tertiary/aromatic N) is 2. The van der Waals surface area contributed by atoms with E-state index in [0.717, 1.165) is 31.6 Å². The van der Waals surface area contributed by atoms with E-state index in [-0.39, 0.29) is 0 Å². The fourth-order valence-electron chi connectivity index (χ4n) is 2.57. The Morgan fingerprint density at radius 2 is 1.95 bits per heavy atom. The number of hydrogen-bond acceptors (Lipinski definition) is 2. The van der Waals surface area contributed by atoms with Crippen LogP contribution in [0, 0.1) is 0 Å². The van der Waals surface area contributed by atoms with Gasteiger partial charge in [0.1, 0.15) is 0 Å². The van der Waals surface area contributed by atoms with Crippen LogP contribution in [0.2, 0.25) is 0 Å². The molecule has 0 atom stereocenters. The average molecular weight is 288 g/mol. The van der Waals surface area contributed by atoms with Crippen molar-refractivity contribution >= 4 is 5.96 Å². The van der Waals surface area contributed by atoms with E-state index in [9.17, 15) is 0 Å². The number of aliphatic imine (C=N–C) groups is 1. The lowest BCUT2D eigenvalue weighted by Crippen LogP contribution is -2.43. The van der Waals surface area contributed by atoms with Gasteiger partial charge in [0.2, 0.25) is 0 Å². The summed E-state index contributed by atoms with van der Waals surface area (Å²) >= 11 is 0. The predicted octanol–water partition coefficient (Wildman–Crippen LogP) is 2.22. The van der Waals surface area contributed by atoms with Gasteiger partial charge in [0, 0.05) is 38.8 Å². The number of guanidine groups is 1. The molecule has 1 aromatic carbocycles. The van der Waals surface area contributed by atoms with E-state index in [1.54, 1.807) is 0 Å². The number of nitrogens with one attached hydrogen (secondary N) is 2. The molecular formula is C17H28N4. The zero-order valence-corrected chi connectivity index (χ0v) is 13.5. The van der Waals surface area contributed by atoms with Crippen LogP contribution in [0.5, 0.6) is 0 Å². The summed E-state index contributed by atoms with van der Waals surface area (Å²) in [4.78, 5) is 6.86. The van der Waals surface area contributed by atoms with Crippen molar-refractivity contribution in [3.05, 3.63) is 35.9 Å². The maximum absolute atomic E-state index is 4.28. The van der Waals surface area contributed by atoms with E-state index in [2.05, 4.69) is 58.6 Å². The molecule has 0 aromatic heterocycles. The Morgan fingerprint density at radius 1 is 1.24 bits per heavy atom. The minimum atomic E-state index is 0.624.